The van der Waals surface area contributed by atoms with Crippen molar-refractivity contribution in [2.45, 2.75) is 25.3 Å². The van der Waals surface area contributed by atoms with Crippen LogP contribution in [0.3, 0.4) is 0 Å². The Morgan fingerprint density at radius 3 is 2.81 bits per heavy atom. The van der Waals surface area contributed by atoms with Gasteiger partial charge in [0.05, 0.1) is 36.4 Å². The predicted molar refractivity (Wildman–Crippen MR) is 171 cm³/mol. The van der Waals surface area contributed by atoms with E-state index < -0.39 is 23.9 Å². The summed E-state index contributed by atoms with van der Waals surface area (Å²) in [6.45, 7) is 0. The van der Waals surface area contributed by atoms with Gasteiger partial charge in [-0.2, -0.15) is 4.68 Å². The number of tetrazole rings is 1. The summed E-state index contributed by atoms with van der Waals surface area (Å²) >= 11 is 6.23. The molecule has 0 aliphatic carbocycles. The first kappa shape index (κ1) is 31.1. The van der Waals surface area contributed by atoms with Crippen molar-refractivity contribution in [1.29, 1.82) is 0 Å². The molecule has 238 valence electrons. The molecule has 3 aromatic carbocycles. The number of carbonyl (C=O) groups excluding carboxylic acids is 3. The summed E-state index contributed by atoms with van der Waals surface area (Å²) in [5.41, 5.74) is 4.22. The fourth-order valence-corrected chi connectivity index (χ4v) is 5.34. The van der Waals surface area contributed by atoms with Crippen molar-refractivity contribution < 1.29 is 23.5 Å². The van der Waals surface area contributed by atoms with E-state index in [2.05, 4.69) is 46.2 Å². The van der Waals surface area contributed by atoms with Gasteiger partial charge in [0, 0.05) is 34.3 Å². The number of halogens is 2. The standard InChI is InChI=1S/C32H27ClFN9O4/c1-47-32(46)37-22-6-7-23-25(15-22)38-29(44)10-3-19-12-18(2-8-24(19)34)13-26(31-35-16-27(23)40-31)39-30(45)11-4-20-14-21(33)5-9-28(20)43-17-36-41-42-43/h2,4-9,11-12,14-17,26H,3,10,13H2,1H3,(H,35,40)(H,37,46)(H,38,44)(H,39,45)/b11-4+/t26-/m0/s1. The minimum atomic E-state index is -0.675. The lowest BCUT2D eigenvalue weighted by Gasteiger charge is -2.18. The minimum Gasteiger partial charge on any atom is -0.453 e. The second kappa shape index (κ2) is 13.6. The Morgan fingerprint density at radius 1 is 1.13 bits per heavy atom. The number of anilines is 2. The number of imidazole rings is 1. The smallest absolute Gasteiger partial charge is 0.411 e. The van der Waals surface area contributed by atoms with Crippen LogP contribution in [0, 0.1) is 5.82 Å². The monoisotopic (exact) mass is 655 g/mol. The molecular formula is C32H27ClFN9O4. The van der Waals surface area contributed by atoms with E-state index in [1.807, 2.05) is 0 Å². The fraction of sp³-hybridized carbons (Fsp3) is 0.156. The Balaban J connectivity index is 1.34. The molecule has 0 spiro atoms. The average molecular weight is 656 g/mol. The first-order chi connectivity index (χ1) is 22.7. The van der Waals surface area contributed by atoms with Crippen LogP contribution in [0.15, 0.2) is 73.2 Å². The van der Waals surface area contributed by atoms with E-state index in [-0.39, 0.29) is 25.2 Å². The number of nitrogens with one attached hydrogen (secondary N) is 4. The maximum Gasteiger partial charge on any atom is 0.411 e. The minimum absolute atomic E-state index is 0.00377. The van der Waals surface area contributed by atoms with Gasteiger partial charge in [-0.25, -0.2) is 14.2 Å². The summed E-state index contributed by atoms with van der Waals surface area (Å²) in [4.78, 5) is 46.0. The Labute approximate surface area is 272 Å². The van der Waals surface area contributed by atoms with Crippen molar-refractivity contribution in [1.82, 2.24) is 35.5 Å². The molecular weight excluding hydrogens is 629 g/mol. The van der Waals surface area contributed by atoms with Gasteiger partial charge >= 0.3 is 6.09 Å². The normalized spacial score (nSPS) is 14.5. The molecule has 3 heterocycles. The number of aromatic amines is 1. The van der Waals surface area contributed by atoms with E-state index in [9.17, 15) is 18.8 Å². The number of ether oxygens (including phenoxy) is 1. The zero-order valence-electron chi connectivity index (χ0n) is 24.8. The molecule has 3 amide bonds. The van der Waals surface area contributed by atoms with Crippen LogP contribution in [-0.4, -0.2) is 55.2 Å². The largest absolute Gasteiger partial charge is 0.453 e. The van der Waals surface area contributed by atoms with Crippen molar-refractivity contribution in [2.24, 2.45) is 0 Å². The summed E-state index contributed by atoms with van der Waals surface area (Å²) in [5, 5.41) is 20.2. The molecule has 0 radical (unpaired) electrons. The molecule has 0 unspecified atom stereocenters. The third kappa shape index (κ3) is 7.34. The average Bonchev–Trinajstić information content (AvgIpc) is 3.77. The number of nitrogens with zero attached hydrogens (tertiary/aromatic N) is 5. The van der Waals surface area contributed by atoms with Crippen LogP contribution >= 0.6 is 11.6 Å². The quantitative estimate of drug-likeness (QED) is 0.191. The van der Waals surface area contributed by atoms with E-state index in [1.165, 1.54) is 30.3 Å². The topological polar surface area (TPSA) is 169 Å². The third-order valence-electron chi connectivity index (χ3n) is 7.43. The molecule has 1 aliphatic rings. The van der Waals surface area contributed by atoms with Gasteiger partial charge in [-0.1, -0.05) is 23.7 Å². The van der Waals surface area contributed by atoms with Gasteiger partial charge in [-0.3, -0.25) is 14.9 Å². The zero-order chi connectivity index (χ0) is 32.9. The van der Waals surface area contributed by atoms with Crippen molar-refractivity contribution >= 4 is 47.0 Å². The van der Waals surface area contributed by atoms with Crippen LogP contribution in [0.1, 0.15) is 35.0 Å². The SMILES string of the molecule is COC(=O)Nc1ccc2c(c1)NC(=O)CCc1cc(ccc1F)C[C@H](NC(=O)/C=C/c1cc(Cl)ccc1-n1cnnn1)c1ncc-2[nH]1. The molecule has 0 fully saturated rings. The van der Waals surface area contributed by atoms with Crippen molar-refractivity contribution in [2.75, 3.05) is 17.7 Å². The van der Waals surface area contributed by atoms with Gasteiger partial charge < -0.3 is 20.4 Å². The lowest BCUT2D eigenvalue weighted by atomic mass is 9.99. The number of benzene rings is 3. The van der Waals surface area contributed by atoms with E-state index in [1.54, 1.807) is 60.8 Å². The molecule has 5 aromatic rings. The number of methoxy groups -OCH3 is 1. The predicted octanol–water partition coefficient (Wildman–Crippen LogP) is 5.02. The lowest BCUT2D eigenvalue weighted by molar-refractivity contribution is -0.117. The zero-order valence-corrected chi connectivity index (χ0v) is 25.6. The summed E-state index contributed by atoms with van der Waals surface area (Å²) in [7, 11) is 1.24. The highest BCUT2D eigenvalue weighted by molar-refractivity contribution is 6.30. The highest BCUT2D eigenvalue weighted by Gasteiger charge is 2.22. The van der Waals surface area contributed by atoms with Crippen molar-refractivity contribution in [3.05, 3.63) is 107 Å². The van der Waals surface area contributed by atoms with E-state index in [0.29, 0.717) is 50.3 Å². The lowest BCUT2D eigenvalue weighted by Crippen LogP contribution is -2.29. The number of carbonyl (C=O) groups is 3. The number of H-pyrrole nitrogens is 1. The van der Waals surface area contributed by atoms with Gasteiger partial charge in [-0.05, 0) is 82.9 Å². The van der Waals surface area contributed by atoms with Crippen molar-refractivity contribution in [3.63, 3.8) is 0 Å². The maximum atomic E-state index is 14.8. The first-order valence-electron chi connectivity index (χ1n) is 14.4. The number of hydrogen-bond acceptors (Lipinski definition) is 8. The molecule has 4 N–H and O–H groups in total. The summed E-state index contributed by atoms with van der Waals surface area (Å²) < 4.78 is 20.9. The Hall–Kier alpha value is -5.89. The number of aromatic nitrogens is 6. The summed E-state index contributed by atoms with van der Waals surface area (Å²) in [6.07, 6.45) is 5.73. The van der Waals surface area contributed by atoms with Crippen LogP contribution < -0.4 is 16.0 Å². The first-order valence-corrected chi connectivity index (χ1v) is 14.8. The van der Waals surface area contributed by atoms with Gasteiger partial charge in [0.2, 0.25) is 11.8 Å². The molecule has 47 heavy (non-hydrogen) atoms. The number of aryl methyl sites for hydroxylation is 1. The third-order valence-corrected chi connectivity index (χ3v) is 7.66. The van der Waals surface area contributed by atoms with E-state index in [0.717, 1.165) is 5.56 Å². The molecule has 4 bridgehead atoms. The summed E-state index contributed by atoms with van der Waals surface area (Å²) in [6, 6.07) is 14.1. The van der Waals surface area contributed by atoms with Crippen LogP contribution in [-0.2, 0) is 27.2 Å². The Bertz CT molecular complexity index is 1990. The van der Waals surface area contributed by atoms with Crippen LogP contribution in [0.2, 0.25) is 5.02 Å². The molecule has 15 heteroatoms. The molecule has 0 saturated heterocycles. The highest BCUT2D eigenvalue weighted by atomic mass is 35.5. The molecule has 2 aromatic heterocycles. The second-order valence-corrected chi connectivity index (χ2v) is 11.0. The number of amides is 3. The number of fused-ring (bicyclic) bond motifs is 6. The fourth-order valence-electron chi connectivity index (χ4n) is 5.16. The van der Waals surface area contributed by atoms with Gasteiger partial charge in [0.15, 0.2) is 0 Å². The number of hydrogen-bond donors (Lipinski definition) is 4. The molecule has 0 saturated carbocycles. The van der Waals surface area contributed by atoms with Gasteiger partial charge in [0.1, 0.15) is 18.0 Å². The molecule has 1 aliphatic heterocycles. The second-order valence-electron chi connectivity index (χ2n) is 10.6. The maximum absolute atomic E-state index is 14.8. The van der Waals surface area contributed by atoms with Crippen molar-refractivity contribution in [3.8, 4) is 16.9 Å². The Kier molecular flexibility index (Phi) is 9.02. The number of rotatable bonds is 5. The Morgan fingerprint density at radius 2 is 2.00 bits per heavy atom. The molecule has 1 atom stereocenters. The van der Waals surface area contributed by atoms with Crippen LogP contribution in [0.4, 0.5) is 20.6 Å². The highest BCUT2D eigenvalue weighted by Crippen LogP contribution is 2.32. The van der Waals surface area contributed by atoms with Crippen LogP contribution in [0.5, 0.6) is 0 Å². The molecule has 6 rings (SSSR count). The molecule has 13 nitrogen and oxygen atoms in total. The van der Waals surface area contributed by atoms with Crippen LogP contribution in [0.25, 0.3) is 23.0 Å². The van der Waals surface area contributed by atoms with Gasteiger partial charge in [0.25, 0.3) is 0 Å². The van der Waals surface area contributed by atoms with E-state index >= 15 is 0 Å². The summed E-state index contributed by atoms with van der Waals surface area (Å²) in [5.74, 6) is -0.786. The van der Waals surface area contributed by atoms with Gasteiger partial charge in [-0.15, -0.1) is 5.10 Å². The van der Waals surface area contributed by atoms with E-state index in [4.69, 9.17) is 11.6 Å².